The Balaban J connectivity index is 1.85. The molecule has 1 saturated heterocycles. The number of nitrogens with one attached hydrogen (secondary N) is 1. The van der Waals surface area contributed by atoms with E-state index in [4.69, 9.17) is 9.73 Å². The molecule has 0 aliphatic carbocycles. The Morgan fingerprint density at radius 1 is 1.62 bits per heavy atom. The van der Waals surface area contributed by atoms with Gasteiger partial charge < -0.3 is 15.0 Å². The monoisotopic (exact) mass is 293 g/mol. The van der Waals surface area contributed by atoms with Crippen LogP contribution in [0.1, 0.15) is 18.9 Å². The summed E-state index contributed by atoms with van der Waals surface area (Å²) in [7, 11) is 4.04. The Morgan fingerprint density at radius 2 is 2.48 bits per heavy atom. The average Bonchev–Trinajstić information content (AvgIpc) is 3.09. The van der Waals surface area contributed by atoms with Gasteiger partial charge in [-0.05, 0) is 25.3 Å². The molecule has 118 valence electrons. The highest BCUT2D eigenvalue weighted by atomic mass is 16.5. The standard InChI is InChI=1S/C15H27N5O/c1-4-16-15(19(2)10-14-6-8-21-12-14)17-7-5-13-9-18-20(3)11-13/h9,11,14H,4-8,10,12H2,1-3H3,(H,16,17). The number of nitrogens with zero attached hydrogens (tertiary/aromatic N) is 4. The third-order valence-electron chi connectivity index (χ3n) is 3.67. The Kier molecular flexibility index (Phi) is 6.04. The summed E-state index contributed by atoms with van der Waals surface area (Å²) in [6.07, 6.45) is 6.02. The van der Waals surface area contributed by atoms with Crippen LogP contribution in [0.5, 0.6) is 0 Å². The lowest BCUT2D eigenvalue weighted by molar-refractivity contribution is 0.181. The Labute approximate surface area is 127 Å². The van der Waals surface area contributed by atoms with E-state index in [0.717, 1.165) is 51.6 Å². The molecule has 21 heavy (non-hydrogen) atoms. The van der Waals surface area contributed by atoms with Gasteiger partial charge in [-0.25, -0.2) is 0 Å². The molecule has 1 aromatic heterocycles. The van der Waals surface area contributed by atoms with Crippen molar-refractivity contribution in [2.45, 2.75) is 19.8 Å². The number of hydrogen-bond acceptors (Lipinski definition) is 3. The largest absolute Gasteiger partial charge is 0.381 e. The van der Waals surface area contributed by atoms with E-state index in [1.807, 2.05) is 24.1 Å². The van der Waals surface area contributed by atoms with Crippen LogP contribution in [0.2, 0.25) is 0 Å². The fraction of sp³-hybridized carbons (Fsp3) is 0.733. The summed E-state index contributed by atoms with van der Waals surface area (Å²) in [5.74, 6) is 1.60. The summed E-state index contributed by atoms with van der Waals surface area (Å²) in [5, 5.41) is 7.54. The van der Waals surface area contributed by atoms with Crippen LogP contribution in [0.15, 0.2) is 17.4 Å². The zero-order valence-corrected chi connectivity index (χ0v) is 13.4. The molecule has 1 fully saturated rings. The van der Waals surface area contributed by atoms with Crippen LogP contribution in [0.3, 0.4) is 0 Å². The third kappa shape index (κ3) is 5.04. The zero-order chi connectivity index (χ0) is 15.1. The van der Waals surface area contributed by atoms with Crippen LogP contribution in [-0.2, 0) is 18.2 Å². The zero-order valence-electron chi connectivity index (χ0n) is 13.4. The first kappa shape index (κ1) is 15.8. The van der Waals surface area contributed by atoms with E-state index >= 15 is 0 Å². The van der Waals surface area contributed by atoms with E-state index in [-0.39, 0.29) is 0 Å². The van der Waals surface area contributed by atoms with Crippen molar-refractivity contribution in [3.63, 3.8) is 0 Å². The van der Waals surface area contributed by atoms with Gasteiger partial charge in [0, 0.05) is 52.5 Å². The van der Waals surface area contributed by atoms with Crippen molar-refractivity contribution >= 4 is 5.96 Å². The molecule has 0 bridgehead atoms. The molecule has 1 N–H and O–H groups in total. The molecule has 6 heteroatoms. The Hall–Kier alpha value is -1.56. The molecule has 0 radical (unpaired) electrons. The van der Waals surface area contributed by atoms with Crippen LogP contribution >= 0.6 is 0 Å². The molecule has 2 heterocycles. The first-order valence-electron chi connectivity index (χ1n) is 7.73. The second-order valence-electron chi connectivity index (χ2n) is 5.62. The molecular formula is C15H27N5O. The van der Waals surface area contributed by atoms with Gasteiger partial charge in [-0.1, -0.05) is 0 Å². The number of aromatic nitrogens is 2. The van der Waals surface area contributed by atoms with E-state index in [0.29, 0.717) is 5.92 Å². The highest BCUT2D eigenvalue weighted by molar-refractivity contribution is 5.79. The van der Waals surface area contributed by atoms with Crippen molar-refractivity contribution in [2.24, 2.45) is 18.0 Å². The summed E-state index contributed by atoms with van der Waals surface area (Å²) >= 11 is 0. The summed E-state index contributed by atoms with van der Waals surface area (Å²) in [5.41, 5.74) is 1.23. The van der Waals surface area contributed by atoms with Crippen molar-refractivity contribution in [3.05, 3.63) is 18.0 Å². The predicted octanol–water partition coefficient (Wildman–Crippen LogP) is 0.896. The number of guanidine groups is 1. The van der Waals surface area contributed by atoms with Gasteiger partial charge in [-0.3, -0.25) is 9.67 Å². The molecule has 0 aromatic carbocycles. The topological polar surface area (TPSA) is 54.7 Å². The molecule has 0 spiro atoms. The number of aryl methyl sites for hydroxylation is 1. The molecule has 1 atom stereocenters. The minimum Gasteiger partial charge on any atom is -0.381 e. The van der Waals surface area contributed by atoms with E-state index in [1.54, 1.807) is 0 Å². The maximum atomic E-state index is 5.44. The molecule has 1 unspecified atom stereocenters. The van der Waals surface area contributed by atoms with Gasteiger partial charge in [0.15, 0.2) is 5.96 Å². The quantitative estimate of drug-likeness (QED) is 0.625. The summed E-state index contributed by atoms with van der Waals surface area (Å²) in [6.45, 7) is 6.53. The molecule has 1 aliphatic rings. The average molecular weight is 293 g/mol. The van der Waals surface area contributed by atoms with E-state index in [2.05, 4.69) is 29.3 Å². The third-order valence-corrected chi connectivity index (χ3v) is 3.67. The summed E-state index contributed by atoms with van der Waals surface area (Å²) < 4.78 is 7.27. The fourth-order valence-electron chi connectivity index (χ4n) is 2.56. The lowest BCUT2D eigenvalue weighted by Crippen LogP contribution is -2.41. The minimum absolute atomic E-state index is 0.622. The van der Waals surface area contributed by atoms with Gasteiger partial charge in [-0.15, -0.1) is 0 Å². The maximum Gasteiger partial charge on any atom is 0.193 e. The normalized spacial score (nSPS) is 19.0. The lowest BCUT2D eigenvalue weighted by Gasteiger charge is -2.24. The SMILES string of the molecule is CCNC(=NCCc1cnn(C)c1)N(C)CC1CCOC1. The number of rotatable bonds is 6. The molecular weight excluding hydrogens is 266 g/mol. The van der Waals surface area contributed by atoms with Crippen LogP contribution in [0.4, 0.5) is 0 Å². The van der Waals surface area contributed by atoms with Gasteiger partial charge in [0.05, 0.1) is 12.8 Å². The predicted molar refractivity (Wildman–Crippen MR) is 84.4 cm³/mol. The van der Waals surface area contributed by atoms with Crippen molar-refractivity contribution in [2.75, 3.05) is 39.9 Å². The first-order chi connectivity index (χ1) is 10.2. The maximum absolute atomic E-state index is 5.44. The highest BCUT2D eigenvalue weighted by Gasteiger charge is 2.18. The van der Waals surface area contributed by atoms with Crippen LogP contribution < -0.4 is 5.32 Å². The van der Waals surface area contributed by atoms with E-state index in [9.17, 15) is 0 Å². The highest BCUT2D eigenvalue weighted by Crippen LogP contribution is 2.13. The van der Waals surface area contributed by atoms with Crippen LogP contribution in [0.25, 0.3) is 0 Å². The summed E-state index contributed by atoms with van der Waals surface area (Å²) in [6, 6.07) is 0. The smallest absolute Gasteiger partial charge is 0.193 e. The Bertz CT molecular complexity index is 451. The fourth-order valence-corrected chi connectivity index (χ4v) is 2.56. The molecule has 1 aromatic rings. The molecule has 1 aliphatic heterocycles. The Morgan fingerprint density at radius 3 is 3.10 bits per heavy atom. The second kappa shape index (κ2) is 8.02. The van der Waals surface area contributed by atoms with Gasteiger partial charge in [0.2, 0.25) is 0 Å². The van der Waals surface area contributed by atoms with Crippen LogP contribution in [0, 0.1) is 5.92 Å². The van der Waals surface area contributed by atoms with Crippen molar-refractivity contribution < 1.29 is 4.74 Å². The summed E-state index contributed by atoms with van der Waals surface area (Å²) in [4.78, 5) is 6.93. The van der Waals surface area contributed by atoms with Crippen molar-refractivity contribution in [1.82, 2.24) is 20.0 Å². The number of hydrogen-bond donors (Lipinski definition) is 1. The van der Waals surface area contributed by atoms with Crippen molar-refractivity contribution in [3.8, 4) is 0 Å². The number of ether oxygens (including phenoxy) is 1. The lowest BCUT2D eigenvalue weighted by atomic mass is 10.1. The van der Waals surface area contributed by atoms with Gasteiger partial charge in [0.25, 0.3) is 0 Å². The van der Waals surface area contributed by atoms with E-state index in [1.165, 1.54) is 5.56 Å². The molecule has 6 nitrogen and oxygen atoms in total. The molecule has 2 rings (SSSR count). The van der Waals surface area contributed by atoms with Crippen LogP contribution in [-0.4, -0.2) is 60.5 Å². The molecule has 0 amide bonds. The second-order valence-corrected chi connectivity index (χ2v) is 5.62. The van der Waals surface area contributed by atoms with Gasteiger partial charge >= 0.3 is 0 Å². The number of aliphatic imine (C=N–C) groups is 1. The first-order valence-corrected chi connectivity index (χ1v) is 7.73. The minimum atomic E-state index is 0.622. The van der Waals surface area contributed by atoms with Gasteiger partial charge in [0.1, 0.15) is 0 Å². The van der Waals surface area contributed by atoms with Gasteiger partial charge in [-0.2, -0.15) is 5.10 Å². The van der Waals surface area contributed by atoms with E-state index < -0.39 is 0 Å². The molecule has 0 saturated carbocycles. The van der Waals surface area contributed by atoms with Crippen molar-refractivity contribution in [1.29, 1.82) is 0 Å².